The Balaban J connectivity index is 1.93. The first kappa shape index (κ1) is 33.4. The Morgan fingerprint density at radius 3 is 2.14 bits per heavy atom. The monoisotopic (exact) mass is 635 g/mol. The fraction of sp³-hybridized carbons (Fsp3) is 0.355. The summed E-state index contributed by atoms with van der Waals surface area (Å²) >= 11 is 13.0. The van der Waals surface area contributed by atoms with Gasteiger partial charge in [0, 0.05) is 47.6 Å². The first-order valence-electron chi connectivity index (χ1n) is 13.7. The molecule has 0 aliphatic rings. The van der Waals surface area contributed by atoms with Crippen molar-refractivity contribution in [2.45, 2.75) is 58.2 Å². The molecule has 3 aromatic carbocycles. The average Bonchev–Trinajstić information content (AvgIpc) is 2.94. The first-order chi connectivity index (χ1) is 19.9. The van der Waals surface area contributed by atoms with Gasteiger partial charge in [0.15, 0.2) is 0 Å². The Hall–Kier alpha value is -3.14. The topological polar surface area (TPSA) is 86.8 Å². The molecule has 11 heteroatoms. The lowest BCUT2D eigenvalue weighted by atomic mass is 10.0. The summed E-state index contributed by atoms with van der Waals surface area (Å²) in [7, 11) is -3.71. The Morgan fingerprint density at radius 2 is 1.57 bits per heavy atom. The van der Waals surface area contributed by atoms with E-state index in [0.717, 1.165) is 16.1 Å². The van der Waals surface area contributed by atoms with Gasteiger partial charge in [-0.2, -0.15) is 0 Å². The van der Waals surface area contributed by atoms with E-state index in [9.17, 15) is 22.4 Å². The second kappa shape index (κ2) is 15.4. The van der Waals surface area contributed by atoms with E-state index in [1.807, 2.05) is 44.2 Å². The number of anilines is 1. The minimum atomic E-state index is -3.71. The molecule has 0 aliphatic heterocycles. The zero-order chi connectivity index (χ0) is 30.9. The Kier molecular flexibility index (Phi) is 12.2. The molecule has 0 saturated heterocycles. The van der Waals surface area contributed by atoms with E-state index in [2.05, 4.69) is 5.32 Å². The largest absolute Gasteiger partial charge is 0.352 e. The summed E-state index contributed by atoms with van der Waals surface area (Å²) in [6, 6.07) is 18.5. The number of amides is 2. The zero-order valence-corrected chi connectivity index (χ0v) is 26.2. The fourth-order valence-electron chi connectivity index (χ4n) is 4.46. The zero-order valence-electron chi connectivity index (χ0n) is 23.9. The van der Waals surface area contributed by atoms with Crippen molar-refractivity contribution in [1.82, 2.24) is 10.2 Å². The van der Waals surface area contributed by atoms with Crippen molar-refractivity contribution in [2.24, 2.45) is 0 Å². The van der Waals surface area contributed by atoms with Crippen LogP contribution in [0.15, 0.2) is 72.8 Å². The Labute approximate surface area is 257 Å². The summed E-state index contributed by atoms with van der Waals surface area (Å²) in [6.45, 7) is 3.82. The number of hydrogen-bond acceptors (Lipinski definition) is 4. The highest BCUT2D eigenvalue weighted by atomic mass is 35.5. The summed E-state index contributed by atoms with van der Waals surface area (Å²) in [6.07, 6.45) is 2.11. The highest BCUT2D eigenvalue weighted by molar-refractivity contribution is 7.92. The highest BCUT2D eigenvalue weighted by Crippen LogP contribution is 2.28. The quantitative estimate of drug-likeness (QED) is 0.227. The van der Waals surface area contributed by atoms with Crippen LogP contribution in [0, 0.1) is 5.82 Å². The standard InChI is InChI=1S/C31H36Cl2FN3O4S/c1-4-22(2)35-31(39)29(20-23-10-6-5-7-11-23)36(21-26-27(32)12-8-13-28(26)33)30(38)14-9-19-37(42(3,40)41)25-17-15-24(34)16-18-25/h5-8,10-13,15-18,22,29H,4,9,14,19-21H2,1-3H3,(H,35,39)/t22-,29-/m0/s1. The fourth-order valence-corrected chi connectivity index (χ4v) is 5.94. The maximum Gasteiger partial charge on any atom is 0.243 e. The van der Waals surface area contributed by atoms with E-state index < -0.39 is 21.9 Å². The van der Waals surface area contributed by atoms with Gasteiger partial charge in [-0.1, -0.05) is 66.5 Å². The van der Waals surface area contributed by atoms with Crippen LogP contribution in [0.4, 0.5) is 10.1 Å². The molecule has 3 rings (SSSR count). The molecule has 42 heavy (non-hydrogen) atoms. The molecular formula is C31H36Cl2FN3O4S. The van der Waals surface area contributed by atoms with Crippen LogP contribution < -0.4 is 9.62 Å². The van der Waals surface area contributed by atoms with E-state index in [0.29, 0.717) is 27.7 Å². The van der Waals surface area contributed by atoms with Crippen LogP contribution in [-0.2, 0) is 32.6 Å². The lowest BCUT2D eigenvalue weighted by Crippen LogP contribution is -2.52. The number of nitrogens with one attached hydrogen (secondary N) is 1. The molecule has 0 saturated carbocycles. The van der Waals surface area contributed by atoms with E-state index >= 15 is 0 Å². The summed E-state index contributed by atoms with van der Waals surface area (Å²) in [5.41, 5.74) is 1.66. The number of carbonyl (C=O) groups is 2. The summed E-state index contributed by atoms with van der Waals surface area (Å²) in [5, 5.41) is 3.73. The van der Waals surface area contributed by atoms with Gasteiger partial charge in [0.1, 0.15) is 11.9 Å². The SMILES string of the molecule is CC[C@H](C)NC(=O)[C@H](Cc1ccccc1)N(Cc1c(Cl)cccc1Cl)C(=O)CCCN(c1ccc(F)cc1)S(C)(=O)=O. The van der Waals surface area contributed by atoms with Crippen molar-refractivity contribution in [3.63, 3.8) is 0 Å². The van der Waals surface area contributed by atoms with Crippen molar-refractivity contribution in [1.29, 1.82) is 0 Å². The van der Waals surface area contributed by atoms with Gasteiger partial charge in [-0.05, 0) is 61.7 Å². The number of carbonyl (C=O) groups excluding carboxylic acids is 2. The number of sulfonamides is 1. The summed E-state index contributed by atoms with van der Waals surface area (Å²) in [4.78, 5) is 29.0. The van der Waals surface area contributed by atoms with Gasteiger partial charge < -0.3 is 10.2 Å². The molecule has 2 atom stereocenters. The van der Waals surface area contributed by atoms with Gasteiger partial charge in [0.2, 0.25) is 21.8 Å². The predicted molar refractivity (Wildman–Crippen MR) is 167 cm³/mol. The third-order valence-electron chi connectivity index (χ3n) is 6.93. The van der Waals surface area contributed by atoms with Gasteiger partial charge in [0.25, 0.3) is 0 Å². The van der Waals surface area contributed by atoms with Gasteiger partial charge in [-0.15, -0.1) is 0 Å². The molecule has 0 aliphatic carbocycles. The van der Waals surface area contributed by atoms with Crippen LogP contribution in [0.1, 0.15) is 44.2 Å². The van der Waals surface area contributed by atoms with Crippen LogP contribution in [0.3, 0.4) is 0 Å². The lowest BCUT2D eigenvalue weighted by molar-refractivity contribution is -0.141. The van der Waals surface area contributed by atoms with Crippen molar-refractivity contribution in [3.8, 4) is 0 Å². The van der Waals surface area contributed by atoms with Gasteiger partial charge in [-0.3, -0.25) is 13.9 Å². The average molecular weight is 637 g/mol. The maximum atomic E-state index is 13.9. The van der Waals surface area contributed by atoms with Crippen molar-refractivity contribution < 1.29 is 22.4 Å². The van der Waals surface area contributed by atoms with E-state index in [-0.39, 0.29) is 50.2 Å². The number of halogens is 3. The smallest absolute Gasteiger partial charge is 0.243 e. The molecule has 2 amide bonds. The van der Waals surface area contributed by atoms with Crippen LogP contribution >= 0.6 is 23.2 Å². The van der Waals surface area contributed by atoms with Gasteiger partial charge >= 0.3 is 0 Å². The molecule has 0 spiro atoms. The van der Waals surface area contributed by atoms with E-state index in [1.54, 1.807) is 18.2 Å². The molecular weight excluding hydrogens is 600 g/mol. The third kappa shape index (κ3) is 9.44. The molecule has 0 radical (unpaired) electrons. The number of rotatable bonds is 14. The first-order valence-corrected chi connectivity index (χ1v) is 16.3. The summed E-state index contributed by atoms with van der Waals surface area (Å²) < 4.78 is 39.6. The minimum Gasteiger partial charge on any atom is -0.352 e. The molecule has 7 nitrogen and oxygen atoms in total. The minimum absolute atomic E-state index is 0.0146. The van der Waals surface area contributed by atoms with Crippen molar-refractivity contribution in [2.75, 3.05) is 17.1 Å². The number of nitrogens with zero attached hydrogens (tertiary/aromatic N) is 2. The number of hydrogen-bond donors (Lipinski definition) is 1. The third-order valence-corrected chi connectivity index (χ3v) is 8.83. The second-order valence-electron chi connectivity index (χ2n) is 10.2. The molecule has 1 N–H and O–H groups in total. The molecule has 226 valence electrons. The van der Waals surface area contributed by atoms with Crippen molar-refractivity contribution in [3.05, 3.63) is 99.8 Å². The molecule has 0 fully saturated rings. The molecule has 0 unspecified atom stereocenters. The van der Waals surface area contributed by atoms with Crippen LogP contribution in [-0.4, -0.2) is 50.0 Å². The molecule has 0 aromatic heterocycles. The summed E-state index contributed by atoms with van der Waals surface area (Å²) in [5.74, 6) is -1.16. The van der Waals surface area contributed by atoms with E-state index in [4.69, 9.17) is 23.2 Å². The Morgan fingerprint density at radius 1 is 0.952 bits per heavy atom. The maximum absolute atomic E-state index is 13.9. The van der Waals surface area contributed by atoms with Crippen LogP contribution in [0.25, 0.3) is 0 Å². The van der Waals surface area contributed by atoms with E-state index in [1.165, 1.54) is 29.2 Å². The van der Waals surface area contributed by atoms with Crippen LogP contribution in [0.2, 0.25) is 10.0 Å². The molecule has 0 heterocycles. The molecule has 0 bridgehead atoms. The lowest BCUT2D eigenvalue weighted by Gasteiger charge is -2.33. The highest BCUT2D eigenvalue weighted by Gasteiger charge is 2.32. The second-order valence-corrected chi connectivity index (χ2v) is 12.9. The van der Waals surface area contributed by atoms with Crippen LogP contribution in [0.5, 0.6) is 0 Å². The Bertz CT molecular complexity index is 1440. The number of benzene rings is 3. The van der Waals surface area contributed by atoms with Gasteiger partial charge in [-0.25, -0.2) is 12.8 Å². The van der Waals surface area contributed by atoms with Crippen molar-refractivity contribution >= 4 is 50.7 Å². The normalized spacial score (nSPS) is 12.8. The van der Waals surface area contributed by atoms with Gasteiger partial charge in [0.05, 0.1) is 11.9 Å². The molecule has 3 aromatic rings. The predicted octanol–water partition coefficient (Wildman–Crippen LogP) is 6.23.